The minimum atomic E-state index is -0.446. The summed E-state index contributed by atoms with van der Waals surface area (Å²) in [5.74, 6) is 0.312. The Bertz CT molecular complexity index is 415. The van der Waals surface area contributed by atoms with E-state index in [2.05, 4.69) is 13.8 Å². The Morgan fingerprint density at radius 3 is 2.47 bits per heavy atom. The summed E-state index contributed by atoms with van der Waals surface area (Å²) in [7, 11) is 0. The van der Waals surface area contributed by atoms with Crippen LogP contribution < -0.4 is 0 Å². The number of hydrogen-bond donors (Lipinski definition) is 0. The van der Waals surface area contributed by atoms with E-state index in [1.54, 1.807) is 0 Å². The van der Waals surface area contributed by atoms with Crippen LogP contribution in [0.1, 0.15) is 32.8 Å². The van der Waals surface area contributed by atoms with Crippen LogP contribution in [0.4, 0.5) is 0 Å². The van der Waals surface area contributed by atoms with Gasteiger partial charge in [-0.05, 0) is 23.8 Å². The predicted octanol–water partition coefficient (Wildman–Crippen LogP) is 3.18. The zero-order valence-electron chi connectivity index (χ0n) is 11.8. The molecule has 1 aromatic carbocycles. The van der Waals surface area contributed by atoms with E-state index in [9.17, 15) is 4.79 Å². The number of ether oxygens (including phenoxy) is 2. The molecule has 3 nitrogen and oxygen atoms in total. The van der Waals surface area contributed by atoms with Gasteiger partial charge >= 0.3 is 5.97 Å². The maximum Gasteiger partial charge on any atom is 0.335 e. The molecule has 0 radical (unpaired) electrons. The summed E-state index contributed by atoms with van der Waals surface area (Å²) >= 11 is 0. The van der Waals surface area contributed by atoms with E-state index < -0.39 is 6.10 Å². The molecule has 1 aliphatic rings. The topological polar surface area (TPSA) is 35.5 Å². The molecule has 0 N–H and O–H groups in total. The van der Waals surface area contributed by atoms with Crippen LogP contribution in [-0.2, 0) is 20.9 Å². The molecule has 0 amide bonds. The van der Waals surface area contributed by atoms with Gasteiger partial charge in [0.15, 0.2) is 6.10 Å². The number of rotatable bonds is 4. The molecule has 1 aliphatic heterocycles. The third-order valence-electron chi connectivity index (χ3n) is 4.07. The molecule has 1 saturated heterocycles. The lowest BCUT2D eigenvalue weighted by molar-refractivity contribution is -0.187. The molecule has 19 heavy (non-hydrogen) atoms. The van der Waals surface area contributed by atoms with Crippen LogP contribution in [0.2, 0.25) is 0 Å². The average molecular weight is 262 g/mol. The zero-order valence-corrected chi connectivity index (χ0v) is 11.8. The third kappa shape index (κ3) is 3.16. The summed E-state index contributed by atoms with van der Waals surface area (Å²) in [5.41, 5.74) is 1.08. The molecule has 0 unspecified atom stereocenters. The first-order chi connectivity index (χ1) is 9.13. The van der Waals surface area contributed by atoms with E-state index in [0.29, 0.717) is 12.5 Å². The number of benzene rings is 1. The SMILES string of the molecule is CC[C@H]1OC(=O)[C@H](OCc2ccccc2)[C@@H](C)[C@@H]1C. The van der Waals surface area contributed by atoms with E-state index in [0.717, 1.165) is 12.0 Å². The Hall–Kier alpha value is -1.35. The normalized spacial score (nSPS) is 31.0. The lowest BCUT2D eigenvalue weighted by Gasteiger charge is -2.38. The number of hydrogen-bond acceptors (Lipinski definition) is 3. The van der Waals surface area contributed by atoms with E-state index in [1.165, 1.54) is 0 Å². The van der Waals surface area contributed by atoms with Crippen LogP contribution in [0.15, 0.2) is 30.3 Å². The van der Waals surface area contributed by atoms with Gasteiger partial charge in [0.2, 0.25) is 0 Å². The zero-order chi connectivity index (χ0) is 13.8. The first kappa shape index (κ1) is 14.1. The Balaban J connectivity index is 1.98. The van der Waals surface area contributed by atoms with Crippen molar-refractivity contribution in [1.82, 2.24) is 0 Å². The molecule has 1 heterocycles. The molecule has 3 heteroatoms. The van der Waals surface area contributed by atoms with Gasteiger partial charge in [-0.1, -0.05) is 51.1 Å². The summed E-state index contributed by atoms with van der Waals surface area (Å²) in [5, 5.41) is 0. The number of cyclic esters (lactones) is 1. The van der Waals surface area contributed by atoms with E-state index in [1.807, 2.05) is 37.3 Å². The van der Waals surface area contributed by atoms with Gasteiger partial charge in [-0.3, -0.25) is 0 Å². The summed E-state index contributed by atoms with van der Waals surface area (Å²) in [6, 6.07) is 9.90. The van der Waals surface area contributed by atoms with Gasteiger partial charge < -0.3 is 9.47 Å². The molecule has 0 aliphatic carbocycles. The van der Waals surface area contributed by atoms with Gasteiger partial charge in [-0.25, -0.2) is 4.79 Å². The molecule has 0 bridgehead atoms. The minimum Gasteiger partial charge on any atom is -0.460 e. The van der Waals surface area contributed by atoms with Crippen molar-refractivity contribution in [2.24, 2.45) is 11.8 Å². The largest absolute Gasteiger partial charge is 0.460 e. The second-order valence-corrected chi connectivity index (χ2v) is 5.32. The fourth-order valence-corrected chi connectivity index (χ4v) is 2.59. The lowest BCUT2D eigenvalue weighted by Crippen LogP contribution is -2.47. The Morgan fingerprint density at radius 1 is 1.16 bits per heavy atom. The minimum absolute atomic E-state index is 0.0269. The first-order valence-corrected chi connectivity index (χ1v) is 6.99. The van der Waals surface area contributed by atoms with E-state index in [4.69, 9.17) is 9.47 Å². The van der Waals surface area contributed by atoms with Crippen molar-refractivity contribution < 1.29 is 14.3 Å². The molecule has 2 rings (SSSR count). The smallest absolute Gasteiger partial charge is 0.335 e. The highest BCUT2D eigenvalue weighted by atomic mass is 16.6. The van der Waals surface area contributed by atoms with Crippen molar-refractivity contribution in [2.45, 2.75) is 46.0 Å². The van der Waals surface area contributed by atoms with Crippen LogP contribution in [0, 0.1) is 11.8 Å². The maximum absolute atomic E-state index is 12.0. The van der Waals surface area contributed by atoms with E-state index in [-0.39, 0.29) is 18.0 Å². The second kappa shape index (κ2) is 6.20. The van der Waals surface area contributed by atoms with Crippen LogP contribution >= 0.6 is 0 Å². The highest BCUT2D eigenvalue weighted by Crippen LogP contribution is 2.31. The van der Waals surface area contributed by atoms with Gasteiger partial charge in [-0.2, -0.15) is 0 Å². The molecule has 104 valence electrons. The fourth-order valence-electron chi connectivity index (χ4n) is 2.59. The van der Waals surface area contributed by atoms with Crippen molar-refractivity contribution in [2.75, 3.05) is 0 Å². The quantitative estimate of drug-likeness (QED) is 0.782. The Labute approximate surface area is 114 Å². The number of carbonyl (C=O) groups is 1. The molecule has 1 fully saturated rings. The summed E-state index contributed by atoms with van der Waals surface area (Å²) in [4.78, 5) is 12.0. The molecule has 0 spiro atoms. The van der Waals surface area contributed by atoms with Crippen molar-refractivity contribution in [1.29, 1.82) is 0 Å². The van der Waals surface area contributed by atoms with Crippen molar-refractivity contribution in [3.8, 4) is 0 Å². The molecule has 0 saturated carbocycles. The van der Waals surface area contributed by atoms with Crippen LogP contribution in [0.5, 0.6) is 0 Å². The first-order valence-electron chi connectivity index (χ1n) is 6.99. The highest BCUT2D eigenvalue weighted by molar-refractivity contribution is 5.76. The standard InChI is InChI=1S/C16H22O3/c1-4-14-11(2)12(3)15(16(17)19-14)18-10-13-8-6-5-7-9-13/h5-9,11-12,14-15H,4,10H2,1-3H3/t11-,12-,14+,15+/m0/s1. The summed E-state index contributed by atoms with van der Waals surface area (Å²) in [6.45, 7) is 6.70. The van der Waals surface area contributed by atoms with Gasteiger partial charge in [-0.15, -0.1) is 0 Å². The third-order valence-corrected chi connectivity index (χ3v) is 4.07. The molecular weight excluding hydrogens is 240 g/mol. The van der Waals surface area contributed by atoms with Gasteiger partial charge in [0.25, 0.3) is 0 Å². The van der Waals surface area contributed by atoms with Gasteiger partial charge in [0.05, 0.1) is 6.61 Å². The summed E-state index contributed by atoms with van der Waals surface area (Å²) in [6.07, 6.45) is 0.444. The average Bonchev–Trinajstić information content (AvgIpc) is 2.44. The highest BCUT2D eigenvalue weighted by Gasteiger charge is 2.41. The monoisotopic (exact) mass is 262 g/mol. The van der Waals surface area contributed by atoms with Gasteiger partial charge in [0.1, 0.15) is 6.10 Å². The Kier molecular flexibility index (Phi) is 4.59. The molecule has 1 aromatic rings. The van der Waals surface area contributed by atoms with Crippen molar-refractivity contribution >= 4 is 5.97 Å². The Morgan fingerprint density at radius 2 is 1.84 bits per heavy atom. The fraction of sp³-hybridized carbons (Fsp3) is 0.562. The van der Waals surface area contributed by atoms with Crippen LogP contribution in [-0.4, -0.2) is 18.2 Å². The van der Waals surface area contributed by atoms with Crippen LogP contribution in [0.3, 0.4) is 0 Å². The maximum atomic E-state index is 12.0. The lowest BCUT2D eigenvalue weighted by atomic mass is 9.83. The molecular formula is C16H22O3. The van der Waals surface area contributed by atoms with Gasteiger partial charge in [0, 0.05) is 0 Å². The molecule has 4 atom stereocenters. The summed E-state index contributed by atoms with van der Waals surface area (Å²) < 4.78 is 11.2. The van der Waals surface area contributed by atoms with Crippen LogP contribution in [0.25, 0.3) is 0 Å². The van der Waals surface area contributed by atoms with Crippen molar-refractivity contribution in [3.05, 3.63) is 35.9 Å². The van der Waals surface area contributed by atoms with Crippen molar-refractivity contribution in [3.63, 3.8) is 0 Å². The van der Waals surface area contributed by atoms with E-state index >= 15 is 0 Å². The number of esters is 1. The number of carbonyl (C=O) groups excluding carboxylic acids is 1. The molecule has 0 aromatic heterocycles. The predicted molar refractivity (Wildman–Crippen MR) is 73.5 cm³/mol. The second-order valence-electron chi connectivity index (χ2n) is 5.32.